The molecule has 21 heavy (non-hydrogen) atoms. The summed E-state index contributed by atoms with van der Waals surface area (Å²) in [5.41, 5.74) is -0.0672. The highest BCUT2D eigenvalue weighted by Crippen LogP contribution is 2.36. The molecule has 4 nitrogen and oxygen atoms in total. The van der Waals surface area contributed by atoms with Crippen LogP contribution in [0, 0.1) is 11.3 Å². The Morgan fingerprint density at radius 1 is 1.33 bits per heavy atom. The van der Waals surface area contributed by atoms with Gasteiger partial charge in [0.2, 0.25) is 0 Å². The number of nitrogens with zero attached hydrogens (tertiary/aromatic N) is 3. The lowest BCUT2D eigenvalue weighted by molar-refractivity contribution is -0.140. The van der Waals surface area contributed by atoms with Gasteiger partial charge in [-0.15, -0.1) is 0 Å². The predicted molar refractivity (Wildman–Crippen MR) is 67.5 cm³/mol. The number of ether oxygens (including phenoxy) is 1. The van der Waals surface area contributed by atoms with Crippen molar-refractivity contribution in [1.29, 1.82) is 5.26 Å². The number of rotatable bonds is 0. The lowest BCUT2D eigenvalue weighted by Gasteiger charge is -2.16. The zero-order valence-corrected chi connectivity index (χ0v) is 10.8. The normalized spacial score (nSPS) is 14.2. The molecule has 1 aromatic carbocycles. The van der Waals surface area contributed by atoms with Crippen molar-refractivity contribution in [2.24, 2.45) is 0 Å². The molecule has 0 unspecified atom stereocenters. The van der Waals surface area contributed by atoms with Gasteiger partial charge in [0, 0.05) is 12.7 Å². The van der Waals surface area contributed by atoms with Gasteiger partial charge in [-0.05, 0) is 24.6 Å². The number of nitriles is 1. The molecule has 108 valence electrons. The molecule has 0 aliphatic carbocycles. The number of halogens is 3. The standard InChI is InChI=1S/C14H10F3N3O/c15-14(16,17)12-8-20-4-1-5-21-11-6-9(7-18)2-3-10(11)13(20)19-12/h2-3,6,8H,1,4-5H2. The van der Waals surface area contributed by atoms with Crippen LogP contribution in [-0.2, 0) is 12.7 Å². The van der Waals surface area contributed by atoms with Gasteiger partial charge in [-0.3, -0.25) is 0 Å². The number of imidazole rings is 1. The van der Waals surface area contributed by atoms with E-state index in [0.29, 0.717) is 36.4 Å². The second-order valence-corrected chi connectivity index (χ2v) is 4.67. The fraction of sp³-hybridized carbons (Fsp3) is 0.286. The van der Waals surface area contributed by atoms with E-state index in [0.717, 1.165) is 6.20 Å². The molecule has 2 aromatic rings. The molecule has 0 N–H and O–H groups in total. The third-order valence-electron chi connectivity index (χ3n) is 3.22. The van der Waals surface area contributed by atoms with Gasteiger partial charge in [-0.1, -0.05) is 0 Å². The zero-order chi connectivity index (χ0) is 15.0. The first-order chi connectivity index (χ1) is 9.99. The van der Waals surface area contributed by atoms with E-state index in [1.54, 1.807) is 6.07 Å². The number of hydrogen-bond acceptors (Lipinski definition) is 3. The average Bonchev–Trinajstić information content (AvgIpc) is 2.84. The van der Waals surface area contributed by atoms with Gasteiger partial charge in [0.05, 0.1) is 23.8 Å². The van der Waals surface area contributed by atoms with Gasteiger partial charge in [0.1, 0.15) is 11.6 Å². The van der Waals surface area contributed by atoms with Crippen LogP contribution in [0.2, 0.25) is 0 Å². The monoisotopic (exact) mass is 293 g/mol. The van der Waals surface area contributed by atoms with Gasteiger partial charge in [-0.2, -0.15) is 18.4 Å². The molecule has 3 rings (SSSR count). The minimum Gasteiger partial charge on any atom is -0.493 e. The molecule has 0 bridgehead atoms. The number of fused-ring (bicyclic) bond motifs is 3. The summed E-state index contributed by atoms with van der Waals surface area (Å²) in [6, 6.07) is 6.61. The summed E-state index contributed by atoms with van der Waals surface area (Å²) in [4.78, 5) is 3.70. The van der Waals surface area contributed by atoms with Crippen molar-refractivity contribution < 1.29 is 17.9 Å². The lowest BCUT2D eigenvalue weighted by Crippen LogP contribution is -2.10. The Morgan fingerprint density at radius 2 is 2.14 bits per heavy atom. The molecular formula is C14H10F3N3O. The molecule has 0 atom stereocenters. The van der Waals surface area contributed by atoms with E-state index in [1.165, 1.54) is 16.7 Å². The van der Waals surface area contributed by atoms with E-state index < -0.39 is 11.9 Å². The number of alkyl halides is 3. The first kappa shape index (κ1) is 13.5. The van der Waals surface area contributed by atoms with Crippen molar-refractivity contribution in [2.45, 2.75) is 19.1 Å². The molecule has 1 aliphatic rings. The third-order valence-corrected chi connectivity index (χ3v) is 3.22. The molecule has 2 heterocycles. The Hall–Kier alpha value is -2.49. The molecule has 0 spiro atoms. The Balaban J connectivity index is 2.17. The number of aryl methyl sites for hydroxylation is 1. The SMILES string of the molecule is N#Cc1ccc2c(c1)OCCCn1cc(C(F)(F)F)nc1-2. The summed E-state index contributed by atoms with van der Waals surface area (Å²) < 4.78 is 45.5. The van der Waals surface area contributed by atoms with Crippen LogP contribution in [0.15, 0.2) is 24.4 Å². The number of hydrogen-bond donors (Lipinski definition) is 0. The predicted octanol–water partition coefficient (Wildman–Crippen LogP) is 3.22. The van der Waals surface area contributed by atoms with Gasteiger partial charge in [-0.25, -0.2) is 4.98 Å². The highest BCUT2D eigenvalue weighted by Gasteiger charge is 2.35. The molecule has 0 radical (unpaired) electrons. The fourth-order valence-electron chi connectivity index (χ4n) is 2.25. The highest BCUT2D eigenvalue weighted by molar-refractivity contribution is 5.67. The maximum Gasteiger partial charge on any atom is 0.434 e. The third kappa shape index (κ3) is 2.44. The quantitative estimate of drug-likeness (QED) is 0.749. The molecule has 1 aromatic heterocycles. The molecule has 0 saturated carbocycles. The van der Waals surface area contributed by atoms with Gasteiger partial charge >= 0.3 is 6.18 Å². The van der Waals surface area contributed by atoms with E-state index in [1.807, 2.05) is 6.07 Å². The number of aromatic nitrogens is 2. The van der Waals surface area contributed by atoms with Gasteiger partial charge in [0.25, 0.3) is 0 Å². The molecule has 1 aliphatic heterocycles. The van der Waals surface area contributed by atoms with E-state index >= 15 is 0 Å². The minimum atomic E-state index is -4.48. The maximum absolute atomic E-state index is 12.8. The van der Waals surface area contributed by atoms with Gasteiger partial charge in [0.15, 0.2) is 5.69 Å². The molecule has 0 amide bonds. The van der Waals surface area contributed by atoms with Crippen molar-refractivity contribution >= 4 is 0 Å². The maximum atomic E-state index is 12.8. The number of benzene rings is 1. The lowest BCUT2D eigenvalue weighted by atomic mass is 10.1. The van der Waals surface area contributed by atoms with E-state index in [9.17, 15) is 13.2 Å². The highest BCUT2D eigenvalue weighted by atomic mass is 19.4. The van der Waals surface area contributed by atoms with Crippen molar-refractivity contribution in [3.63, 3.8) is 0 Å². The topological polar surface area (TPSA) is 50.8 Å². The molecule has 0 fully saturated rings. The van der Waals surface area contributed by atoms with Crippen molar-refractivity contribution in [1.82, 2.24) is 9.55 Å². The van der Waals surface area contributed by atoms with E-state index in [4.69, 9.17) is 10.00 Å². The van der Waals surface area contributed by atoms with Crippen molar-refractivity contribution in [3.8, 4) is 23.2 Å². The smallest absolute Gasteiger partial charge is 0.434 e. The Labute approximate surface area is 118 Å². The van der Waals surface area contributed by atoms with Crippen LogP contribution in [0.5, 0.6) is 5.75 Å². The first-order valence-electron chi connectivity index (χ1n) is 6.31. The van der Waals surface area contributed by atoms with E-state index in [-0.39, 0.29) is 5.82 Å². The molecule has 0 saturated heterocycles. The van der Waals surface area contributed by atoms with Crippen molar-refractivity contribution in [3.05, 3.63) is 35.7 Å². The summed E-state index contributed by atoms with van der Waals surface area (Å²) in [7, 11) is 0. The fourth-order valence-corrected chi connectivity index (χ4v) is 2.25. The van der Waals surface area contributed by atoms with Crippen LogP contribution in [0.25, 0.3) is 11.4 Å². The van der Waals surface area contributed by atoms with Crippen LogP contribution in [0.4, 0.5) is 13.2 Å². The summed E-state index contributed by atoms with van der Waals surface area (Å²) in [6.45, 7) is 0.776. The second-order valence-electron chi connectivity index (χ2n) is 4.67. The Morgan fingerprint density at radius 3 is 2.86 bits per heavy atom. The Bertz CT molecular complexity index is 728. The summed E-state index contributed by atoms with van der Waals surface area (Å²) in [6.07, 6.45) is -2.90. The summed E-state index contributed by atoms with van der Waals surface area (Å²) in [5, 5.41) is 8.90. The summed E-state index contributed by atoms with van der Waals surface area (Å²) >= 11 is 0. The minimum absolute atomic E-state index is 0.210. The van der Waals surface area contributed by atoms with Crippen LogP contribution >= 0.6 is 0 Å². The summed E-state index contributed by atoms with van der Waals surface area (Å²) in [5.74, 6) is 0.593. The zero-order valence-electron chi connectivity index (χ0n) is 10.8. The van der Waals surface area contributed by atoms with Crippen LogP contribution in [-0.4, -0.2) is 16.2 Å². The largest absolute Gasteiger partial charge is 0.493 e. The first-order valence-corrected chi connectivity index (χ1v) is 6.31. The van der Waals surface area contributed by atoms with Crippen LogP contribution in [0.1, 0.15) is 17.7 Å². The van der Waals surface area contributed by atoms with Gasteiger partial charge < -0.3 is 9.30 Å². The van der Waals surface area contributed by atoms with Crippen molar-refractivity contribution in [2.75, 3.05) is 6.61 Å². The Kier molecular flexibility index (Phi) is 3.09. The molecular weight excluding hydrogens is 283 g/mol. The van der Waals surface area contributed by atoms with Crippen LogP contribution in [0.3, 0.4) is 0 Å². The second kappa shape index (κ2) is 4.81. The average molecular weight is 293 g/mol. The van der Waals surface area contributed by atoms with Crippen LogP contribution < -0.4 is 4.74 Å². The van der Waals surface area contributed by atoms with E-state index in [2.05, 4.69) is 4.98 Å². The molecule has 7 heteroatoms.